The topological polar surface area (TPSA) is 76.2 Å². The first kappa shape index (κ1) is 21.4. The van der Waals surface area contributed by atoms with E-state index >= 15 is 0 Å². The third kappa shape index (κ3) is 5.54. The second-order valence-electron chi connectivity index (χ2n) is 6.22. The zero-order chi connectivity index (χ0) is 19.9. The lowest BCUT2D eigenvalue weighted by atomic mass is 10.3. The number of piperazine rings is 1. The Balaban J connectivity index is 1.93. The van der Waals surface area contributed by atoms with Gasteiger partial charge in [-0.2, -0.15) is 4.31 Å². The molecule has 1 aromatic rings. The highest BCUT2D eigenvalue weighted by atomic mass is 32.2. The molecule has 0 spiro atoms. The van der Waals surface area contributed by atoms with Crippen LogP contribution >= 0.6 is 0 Å². The quantitative estimate of drug-likeness (QED) is 0.471. The van der Waals surface area contributed by atoms with Gasteiger partial charge in [-0.3, -0.25) is 4.79 Å². The van der Waals surface area contributed by atoms with Crippen LogP contribution in [-0.4, -0.2) is 69.0 Å². The molecule has 8 heteroatoms. The zero-order valence-electron chi connectivity index (χ0n) is 16.0. The molecule has 1 aliphatic heterocycles. The van der Waals surface area contributed by atoms with E-state index < -0.39 is 16.1 Å². The van der Waals surface area contributed by atoms with Gasteiger partial charge in [0.1, 0.15) is 11.9 Å². The molecule has 0 saturated carbocycles. The summed E-state index contributed by atoms with van der Waals surface area (Å²) in [6.07, 6.45) is 1.88. The lowest BCUT2D eigenvalue weighted by molar-refractivity contribution is -0.143. The van der Waals surface area contributed by atoms with E-state index in [1.54, 1.807) is 42.2 Å². The molecule has 0 aromatic heterocycles. The van der Waals surface area contributed by atoms with Crippen LogP contribution in [0.1, 0.15) is 20.3 Å². The van der Waals surface area contributed by atoms with Gasteiger partial charge in [0.15, 0.2) is 0 Å². The SMILES string of the molecule is C=CCCOC(C)C(=O)N1CCN(S(=O)(=O)c2ccc(OCC)cc2)CC1. The summed E-state index contributed by atoms with van der Waals surface area (Å²) in [4.78, 5) is 14.3. The van der Waals surface area contributed by atoms with E-state index in [2.05, 4.69) is 6.58 Å². The lowest BCUT2D eigenvalue weighted by Crippen LogP contribution is -2.52. The van der Waals surface area contributed by atoms with Gasteiger partial charge in [-0.15, -0.1) is 6.58 Å². The average Bonchev–Trinajstić information content (AvgIpc) is 2.68. The third-order valence-electron chi connectivity index (χ3n) is 4.36. The average molecular weight is 397 g/mol. The van der Waals surface area contributed by atoms with Crippen molar-refractivity contribution in [1.29, 1.82) is 0 Å². The van der Waals surface area contributed by atoms with E-state index in [4.69, 9.17) is 9.47 Å². The van der Waals surface area contributed by atoms with Crippen molar-refractivity contribution in [1.82, 2.24) is 9.21 Å². The number of carbonyl (C=O) groups is 1. The van der Waals surface area contributed by atoms with Crippen molar-refractivity contribution in [2.24, 2.45) is 0 Å². The number of amides is 1. The van der Waals surface area contributed by atoms with Gasteiger partial charge in [0.2, 0.25) is 10.0 Å². The minimum atomic E-state index is -3.58. The van der Waals surface area contributed by atoms with Crippen LogP contribution in [0.4, 0.5) is 0 Å². The second kappa shape index (κ2) is 9.87. The van der Waals surface area contributed by atoms with Crippen LogP contribution < -0.4 is 4.74 Å². The number of hydrogen-bond donors (Lipinski definition) is 0. The number of nitrogens with zero attached hydrogens (tertiary/aromatic N) is 2. The first-order valence-electron chi connectivity index (χ1n) is 9.14. The Kier molecular flexibility index (Phi) is 7.82. The highest BCUT2D eigenvalue weighted by Crippen LogP contribution is 2.21. The number of ether oxygens (including phenoxy) is 2. The largest absolute Gasteiger partial charge is 0.494 e. The molecular formula is C19H28N2O5S. The molecule has 0 bridgehead atoms. The maximum Gasteiger partial charge on any atom is 0.251 e. The highest BCUT2D eigenvalue weighted by molar-refractivity contribution is 7.89. The fourth-order valence-electron chi connectivity index (χ4n) is 2.83. The molecule has 2 rings (SSSR count). The summed E-state index contributed by atoms with van der Waals surface area (Å²) in [6.45, 7) is 9.41. The van der Waals surface area contributed by atoms with E-state index in [0.717, 1.165) is 0 Å². The monoisotopic (exact) mass is 396 g/mol. The van der Waals surface area contributed by atoms with Crippen molar-refractivity contribution in [3.05, 3.63) is 36.9 Å². The first-order valence-corrected chi connectivity index (χ1v) is 10.6. The molecule has 7 nitrogen and oxygen atoms in total. The Morgan fingerprint density at radius 3 is 2.41 bits per heavy atom. The number of sulfonamides is 1. The van der Waals surface area contributed by atoms with Gasteiger partial charge in [-0.05, 0) is 44.5 Å². The van der Waals surface area contributed by atoms with Gasteiger partial charge in [-0.25, -0.2) is 8.42 Å². The number of rotatable bonds is 9. The summed E-state index contributed by atoms with van der Waals surface area (Å²) in [5.41, 5.74) is 0. The molecule has 1 saturated heterocycles. The molecule has 1 heterocycles. The molecule has 0 radical (unpaired) electrons. The maximum atomic E-state index is 12.8. The predicted molar refractivity (Wildman–Crippen MR) is 103 cm³/mol. The van der Waals surface area contributed by atoms with Crippen molar-refractivity contribution >= 4 is 15.9 Å². The van der Waals surface area contributed by atoms with Crippen molar-refractivity contribution in [2.45, 2.75) is 31.3 Å². The highest BCUT2D eigenvalue weighted by Gasteiger charge is 2.31. The minimum Gasteiger partial charge on any atom is -0.494 e. The Morgan fingerprint density at radius 2 is 1.85 bits per heavy atom. The van der Waals surface area contributed by atoms with Gasteiger partial charge < -0.3 is 14.4 Å². The van der Waals surface area contributed by atoms with Crippen molar-refractivity contribution in [3.8, 4) is 5.75 Å². The third-order valence-corrected chi connectivity index (χ3v) is 6.27. The van der Waals surface area contributed by atoms with E-state index in [9.17, 15) is 13.2 Å². The molecule has 0 aliphatic carbocycles. The summed E-state index contributed by atoms with van der Waals surface area (Å²) in [5, 5.41) is 0. The first-order chi connectivity index (χ1) is 12.9. The molecular weight excluding hydrogens is 368 g/mol. The van der Waals surface area contributed by atoms with Crippen LogP contribution in [0.25, 0.3) is 0 Å². The van der Waals surface area contributed by atoms with Crippen molar-refractivity contribution in [3.63, 3.8) is 0 Å². The summed E-state index contributed by atoms with van der Waals surface area (Å²) in [5.74, 6) is 0.523. The van der Waals surface area contributed by atoms with Gasteiger partial charge in [0.05, 0.1) is 18.1 Å². The van der Waals surface area contributed by atoms with Crippen LogP contribution in [0.2, 0.25) is 0 Å². The number of carbonyl (C=O) groups excluding carboxylic acids is 1. The molecule has 27 heavy (non-hydrogen) atoms. The van der Waals surface area contributed by atoms with Gasteiger partial charge in [0, 0.05) is 26.2 Å². The Bertz CT molecular complexity index is 725. The second-order valence-corrected chi connectivity index (χ2v) is 8.16. The van der Waals surface area contributed by atoms with Crippen LogP contribution in [0.5, 0.6) is 5.75 Å². The van der Waals surface area contributed by atoms with E-state index in [-0.39, 0.29) is 23.9 Å². The van der Waals surface area contributed by atoms with Crippen LogP contribution in [-0.2, 0) is 19.6 Å². The van der Waals surface area contributed by atoms with E-state index in [1.165, 1.54) is 4.31 Å². The van der Waals surface area contributed by atoms with Gasteiger partial charge in [0.25, 0.3) is 5.91 Å². The standard InChI is InChI=1S/C19H28N2O5S/c1-4-6-15-26-16(3)19(22)20-11-13-21(14-12-20)27(23,24)18-9-7-17(8-10-18)25-5-2/h4,7-10,16H,1,5-6,11-15H2,2-3H3. The molecule has 150 valence electrons. The Morgan fingerprint density at radius 1 is 1.22 bits per heavy atom. The number of hydrogen-bond acceptors (Lipinski definition) is 5. The molecule has 1 unspecified atom stereocenters. The summed E-state index contributed by atoms with van der Waals surface area (Å²) in [6, 6.07) is 6.40. The minimum absolute atomic E-state index is 0.114. The smallest absolute Gasteiger partial charge is 0.251 e. The van der Waals surface area contributed by atoms with Crippen LogP contribution in [0.3, 0.4) is 0 Å². The van der Waals surface area contributed by atoms with Gasteiger partial charge in [-0.1, -0.05) is 6.08 Å². The van der Waals surface area contributed by atoms with Gasteiger partial charge >= 0.3 is 0 Å². The lowest BCUT2D eigenvalue weighted by Gasteiger charge is -2.35. The zero-order valence-corrected chi connectivity index (χ0v) is 16.8. The Hall–Kier alpha value is -1.90. The normalized spacial score (nSPS) is 16.7. The maximum absolute atomic E-state index is 12.8. The Labute approximate surface area is 161 Å². The molecule has 1 amide bonds. The molecule has 1 aromatic carbocycles. The molecule has 1 fully saturated rings. The fourth-order valence-corrected chi connectivity index (χ4v) is 4.25. The summed E-state index contributed by atoms with van der Waals surface area (Å²) in [7, 11) is -3.58. The molecule has 1 atom stereocenters. The number of benzene rings is 1. The van der Waals surface area contributed by atoms with Crippen LogP contribution in [0.15, 0.2) is 41.8 Å². The summed E-state index contributed by atoms with van der Waals surface area (Å²) >= 11 is 0. The van der Waals surface area contributed by atoms with E-state index in [0.29, 0.717) is 38.5 Å². The van der Waals surface area contributed by atoms with Crippen molar-refractivity contribution in [2.75, 3.05) is 39.4 Å². The van der Waals surface area contributed by atoms with E-state index in [1.807, 2.05) is 6.92 Å². The van der Waals surface area contributed by atoms with Crippen molar-refractivity contribution < 1.29 is 22.7 Å². The van der Waals surface area contributed by atoms with Crippen LogP contribution in [0, 0.1) is 0 Å². The summed E-state index contributed by atoms with van der Waals surface area (Å²) < 4.78 is 37.8. The molecule has 1 aliphatic rings. The predicted octanol–water partition coefficient (Wildman–Crippen LogP) is 1.90. The fraction of sp³-hybridized carbons (Fsp3) is 0.526. The molecule has 0 N–H and O–H groups in total.